The van der Waals surface area contributed by atoms with Crippen molar-refractivity contribution in [3.63, 3.8) is 0 Å². The molecule has 4 aromatic rings. The van der Waals surface area contributed by atoms with Crippen molar-refractivity contribution in [2.24, 2.45) is 0 Å². The standard InChI is InChI=1S/C25H29N7O5S/c1-4-37-21-13-8-10-17(27-21)24-29-23-25(32(24)22-18(35-2)11-9-12-19(22)36-3)28-20(16-26-23)30-38(33,34)31-14-6-5-7-15-31/h8-13,16H,4-7,14-15H2,1-3H3,(H,28,30). The Morgan fingerprint density at radius 3 is 2.34 bits per heavy atom. The molecule has 0 saturated carbocycles. The molecule has 0 radical (unpaired) electrons. The van der Waals surface area contributed by atoms with Crippen molar-refractivity contribution in [1.82, 2.24) is 28.8 Å². The summed E-state index contributed by atoms with van der Waals surface area (Å²) in [6.45, 7) is 3.26. The quantitative estimate of drug-likeness (QED) is 0.339. The van der Waals surface area contributed by atoms with Crippen molar-refractivity contribution in [2.75, 3.05) is 38.6 Å². The fourth-order valence-corrected chi connectivity index (χ4v) is 5.64. The fraction of sp³-hybridized carbons (Fsp3) is 0.360. The maximum atomic E-state index is 13.0. The molecule has 38 heavy (non-hydrogen) atoms. The maximum absolute atomic E-state index is 13.0. The molecule has 13 heteroatoms. The Morgan fingerprint density at radius 2 is 1.66 bits per heavy atom. The Bertz CT molecular complexity index is 1530. The normalized spacial score (nSPS) is 14.4. The Hall–Kier alpha value is -3.97. The molecule has 1 aliphatic rings. The molecule has 4 heterocycles. The van der Waals surface area contributed by atoms with E-state index in [0.29, 0.717) is 59.9 Å². The highest BCUT2D eigenvalue weighted by Gasteiger charge is 2.27. The largest absolute Gasteiger partial charge is 0.494 e. The zero-order valence-electron chi connectivity index (χ0n) is 21.4. The number of para-hydroxylation sites is 1. The molecule has 0 spiro atoms. The number of aromatic nitrogens is 5. The first-order valence-electron chi connectivity index (χ1n) is 12.3. The zero-order valence-corrected chi connectivity index (χ0v) is 22.2. The molecule has 1 N–H and O–H groups in total. The second kappa shape index (κ2) is 10.8. The Kier molecular flexibility index (Phi) is 7.29. The van der Waals surface area contributed by atoms with Crippen molar-refractivity contribution in [2.45, 2.75) is 26.2 Å². The molecule has 0 unspecified atom stereocenters. The summed E-state index contributed by atoms with van der Waals surface area (Å²) in [7, 11) is -0.692. The average molecular weight is 540 g/mol. The molecular weight excluding hydrogens is 510 g/mol. The van der Waals surface area contributed by atoms with Gasteiger partial charge in [0.05, 0.1) is 27.0 Å². The summed E-state index contributed by atoms with van der Waals surface area (Å²) in [5.41, 5.74) is 1.60. The Morgan fingerprint density at radius 1 is 0.947 bits per heavy atom. The van der Waals surface area contributed by atoms with E-state index < -0.39 is 10.2 Å². The van der Waals surface area contributed by atoms with Crippen LogP contribution in [0.2, 0.25) is 0 Å². The summed E-state index contributed by atoms with van der Waals surface area (Å²) in [5, 5.41) is 0. The van der Waals surface area contributed by atoms with Gasteiger partial charge in [0.25, 0.3) is 0 Å². The van der Waals surface area contributed by atoms with E-state index in [1.165, 1.54) is 10.5 Å². The van der Waals surface area contributed by atoms with Crippen LogP contribution in [0.4, 0.5) is 5.82 Å². The number of ether oxygens (including phenoxy) is 3. The molecule has 0 amide bonds. The van der Waals surface area contributed by atoms with E-state index >= 15 is 0 Å². The van der Waals surface area contributed by atoms with E-state index in [-0.39, 0.29) is 11.5 Å². The predicted octanol–water partition coefficient (Wildman–Crippen LogP) is 3.44. The highest BCUT2D eigenvalue weighted by molar-refractivity contribution is 7.90. The molecule has 1 saturated heterocycles. The number of pyridine rings is 1. The molecule has 200 valence electrons. The van der Waals surface area contributed by atoms with Gasteiger partial charge in [0.15, 0.2) is 22.9 Å². The SMILES string of the molecule is CCOc1cccc(-c2nc3ncc(NS(=O)(=O)N4CCCCC4)nc3n2-c2c(OC)cccc2OC)n1. The number of nitrogens with one attached hydrogen (secondary N) is 1. The lowest BCUT2D eigenvalue weighted by atomic mass is 10.2. The third-order valence-electron chi connectivity index (χ3n) is 6.13. The van der Waals surface area contributed by atoms with Crippen molar-refractivity contribution in [3.05, 3.63) is 42.6 Å². The maximum Gasteiger partial charge on any atom is 0.302 e. The molecule has 0 aliphatic carbocycles. The lowest BCUT2D eigenvalue weighted by Gasteiger charge is -2.25. The minimum atomic E-state index is -3.79. The second-order valence-electron chi connectivity index (χ2n) is 8.55. The number of anilines is 1. The van der Waals surface area contributed by atoms with E-state index in [1.807, 2.05) is 13.0 Å². The van der Waals surface area contributed by atoms with E-state index in [4.69, 9.17) is 19.2 Å². The van der Waals surface area contributed by atoms with Gasteiger partial charge in [0, 0.05) is 19.2 Å². The first-order chi connectivity index (χ1) is 18.4. The zero-order chi connectivity index (χ0) is 26.7. The molecule has 1 aliphatic heterocycles. The molecule has 1 fully saturated rings. The van der Waals surface area contributed by atoms with Crippen LogP contribution in [0.25, 0.3) is 28.5 Å². The van der Waals surface area contributed by atoms with Crippen LogP contribution in [0.5, 0.6) is 17.4 Å². The predicted molar refractivity (Wildman–Crippen MR) is 142 cm³/mol. The summed E-state index contributed by atoms with van der Waals surface area (Å²) in [5.74, 6) is 1.89. The summed E-state index contributed by atoms with van der Waals surface area (Å²) in [6.07, 6.45) is 4.01. The highest BCUT2D eigenvalue weighted by Crippen LogP contribution is 2.38. The fourth-order valence-electron chi connectivity index (χ4n) is 4.41. The summed E-state index contributed by atoms with van der Waals surface area (Å²) in [4.78, 5) is 18.4. The van der Waals surface area contributed by atoms with Crippen LogP contribution < -0.4 is 18.9 Å². The minimum absolute atomic E-state index is 0.0701. The number of hydrogen-bond donors (Lipinski definition) is 1. The van der Waals surface area contributed by atoms with Gasteiger partial charge in [-0.1, -0.05) is 18.6 Å². The molecular formula is C25H29N7O5S. The lowest BCUT2D eigenvalue weighted by Crippen LogP contribution is -2.39. The smallest absolute Gasteiger partial charge is 0.302 e. The lowest BCUT2D eigenvalue weighted by molar-refractivity contribution is 0.327. The number of imidazole rings is 1. The van der Waals surface area contributed by atoms with Gasteiger partial charge in [-0.15, -0.1) is 0 Å². The Labute approximate surface area is 220 Å². The minimum Gasteiger partial charge on any atom is -0.494 e. The topological polar surface area (TPSA) is 134 Å². The van der Waals surface area contributed by atoms with Crippen molar-refractivity contribution in [3.8, 4) is 34.6 Å². The number of piperidine rings is 1. The van der Waals surface area contributed by atoms with Gasteiger partial charge < -0.3 is 14.2 Å². The van der Waals surface area contributed by atoms with Crippen molar-refractivity contribution >= 4 is 27.3 Å². The van der Waals surface area contributed by atoms with Crippen LogP contribution in [-0.2, 0) is 10.2 Å². The molecule has 0 bridgehead atoms. The monoisotopic (exact) mass is 539 g/mol. The molecule has 1 aromatic carbocycles. The van der Waals surface area contributed by atoms with Crippen LogP contribution in [-0.4, -0.2) is 71.1 Å². The van der Waals surface area contributed by atoms with Crippen LogP contribution in [0, 0.1) is 0 Å². The molecule has 5 rings (SSSR count). The van der Waals surface area contributed by atoms with E-state index in [1.54, 1.807) is 49.1 Å². The second-order valence-corrected chi connectivity index (χ2v) is 10.2. The van der Waals surface area contributed by atoms with Gasteiger partial charge in [0.2, 0.25) is 5.88 Å². The first-order valence-corrected chi connectivity index (χ1v) is 13.7. The third-order valence-corrected chi connectivity index (χ3v) is 7.64. The summed E-state index contributed by atoms with van der Waals surface area (Å²) >= 11 is 0. The number of rotatable bonds is 9. The van der Waals surface area contributed by atoms with E-state index in [2.05, 4.69) is 19.7 Å². The van der Waals surface area contributed by atoms with Crippen LogP contribution in [0.3, 0.4) is 0 Å². The van der Waals surface area contributed by atoms with Gasteiger partial charge >= 0.3 is 10.2 Å². The first kappa shape index (κ1) is 25.7. The van der Waals surface area contributed by atoms with Crippen molar-refractivity contribution < 1.29 is 22.6 Å². The third kappa shape index (κ3) is 4.94. The van der Waals surface area contributed by atoms with Gasteiger partial charge in [0.1, 0.15) is 22.9 Å². The van der Waals surface area contributed by atoms with Crippen LogP contribution in [0.15, 0.2) is 42.6 Å². The van der Waals surface area contributed by atoms with Gasteiger partial charge in [-0.25, -0.2) is 19.9 Å². The Balaban J connectivity index is 1.70. The van der Waals surface area contributed by atoms with Crippen LogP contribution >= 0.6 is 0 Å². The number of fused-ring (bicyclic) bond motifs is 1. The number of methoxy groups -OCH3 is 2. The van der Waals surface area contributed by atoms with E-state index in [9.17, 15) is 8.42 Å². The summed E-state index contributed by atoms with van der Waals surface area (Å²) in [6, 6.07) is 10.7. The molecule has 12 nitrogen and oxygen atoms in total. The number of nitrogens with zero attached hydrogens (tertiary/aromatic N) is 6. The van der Waals surface area contributed by atoms with Gasteiger partial charge in [-0.3, -0.25) is 9.29 Å². The van der Waals surface area contributed by atoms with Gasteiger partial charge in [-0.05, 0) is 38.0 Å². The van der Waals surface area contributed by atoms with E-state index in [0.717, 1.165) is 19.3 Å². The summed E-state index contributed by atoms with van der Waals surface area (Å²) < 4.78 is 48.7. The average Bonchev–Trinajstić information content (AvgIpc) is 3.31. The molecule has 0 atom stereocenters. The van der Waals surface area contributed by atoms with Crippen LogP contribution in [0.1, 0.15) is 26.2 Å². The number of benzene rings is 1. The number of hydrogen-bond acceptors (Lipinski definition) is 9. The van der Waals surface area contributed by atoms with Gasteiger partial charge in [-0.2, -0.15) is 12.7 Å². The highest BCUT2D eigenvalue weighted by atomic mass is 32.2. The molecule has 3 aromatic heterocycles. The van der Waals surface area contributed by atoms with Crippen molar-refractivity contribution in [1.29, 1.82) is 0 Å².